The molecule has 0 aliphatic carbocycles. The Morgan fingerprint density at radius 2 is 0.700 bits per heavy atom. The quantitative estimate of drug-likeness (QED) is 0.153. The monoisotopic (exact) mass is 765 g/mol. The van der Waals surface area contributed by atoms with Crippen molar-refractivity contribution in [3.63, 3.8) is 0 Å². The summed E-state index contributed by atoms with van der Waals surface area (Å²) in [5, 5.41) is 4.47. The number of furan rings is 1. The molecule has 0 saturated carbocycles. The van der Waals surface area contributed by atoms with E-state index in [1.807, 2.05) is 0 Å². The van der Waals surface area contributed by atoms with Gasteiger partial charge in [-0.25, -0.2) is 0 Å². The Labute approximate surface area is 349 Å². The number of hydrogen-bond acceptors (Lipinski definition) is 2. The normalized spacial score (nSPS) is 11.3. The lowest BCUT2D eigenvalue weighted by Crippen LogP contribution is -2.10. The number of hydrogen-bond donors (Lipinski definition) is 0. The maximum Gasteiger partial charge on any atom is 0.143 e. The summed E-state index contributed by atoms with van der Waals surface area (Å²) in [4.78, 5) is 2.37. The largest absolute Gasteiger partial charge is 0.455 e. The Morgan fingerprint density at radius 3 is 1.22 bits per heavy atom. The number of nitrogens with zero attached hydrogens (tertiary/aromatic N) is 1. The molecule has 0 aliphatic rings. The van der Waals surface area contributed by atoms with Gasteiger partial charge in [-0.15, -0.1) is 0 Å². The highest BCUT2D eigenvalue weighted by atomic mass is 16.3. The van der Waals surface area contributed by atoms with Crippen LogP contribution in [0.5, 0.6) is 0 Å². The van der Waals surface area contributed by atoms with Crippen LogP contribution < -0.4 is 4.90 Å². The molecule has 11 rings (SSSR count). The Balaban J connectivity index is 1.03. The SMILES string of the molecule is c1ccc(-c2ccc(-c3ccc(N(c4ccc(-c5cc(-c6ccccc6)cc(-c6ccccc6)c5)cc4)c4cccc5oc6c7ccccc7ccc6c45)cc3)cc2)cc1. The van der Waals surface area contributed by atoms with E-state index in [4.69, 9.17) is 4.42 Å². The van der Waals surface area contributed by atoms with Crippen LogP contribution in [-0.2, 0) is 0 Å². The molecule has 60 heavy (non-hydrogen) atoms. The van der Waals surface area contributed by atoms with Gasteiger partial charge in [-0.1, -0.05) is 176 Å². The molecule has 282 valence electrons. The topological polar surface area (TPSA) is 16.4 Å². The van der Waals surface area contributed by atoms with Gasteiger partial charge in [0.15, 0.2) is 0 Å². The predicted molar refractivity (Wildman–Crippen MR) is 253 cm³/mol. The third-order valence-electron chi connectivity index (χ3n) is 11.7. The van der Waals surface area contributed by atoms with E-state index in [2.05, 4.69) is 241 Å². The van der Waals surface area contributed by atoms with Gasteiger partial charge in [0.2, 0.25) is 0 Å². The highest BCUT2D eigenvalue weighted by Gasteiger charge is 2.21. The number of benzene rings is 10. The van der Waals surface area contributed by atoms with Gasteiger partial charge < -0.3 is 9.32 Å². The van der Waals surface area contributed by atoms with Gasteiger partial charge in [0.05, 0.1) is 11.1 Å². The van der Waals surface area contributed by atoms with E-state index in [1.54, 1.807) is 0 Å². The number of anilines is 3. The summed E-state index contributed by atoms with van der Waals surface area (Å²) in [7, 11) is 0. The molecule has 0 fully saturated rings. The Kier molecular flexibility index (Phi) is 8.87. The van der Waals surface area contributed by atoms with Gasteiger partial charge in [0.1, 0.15) is 11.2 Å². The van der Waals surface area contributed by atoms with Crippen molar-refractivity contribution < 1.29 is 4.42 Å². The number of fused-ring (bicyclic) bond motifs is 5. The molecule has 10 aromatic carbocycles. The fourth-order valence-electron chi connectivity index (χ4n) is 8.63. The molecule has 0 bridgehead atoms. The molecule has 0 spiro atoms. The molecule has 0 amide bonds. The lowest BCUT2D eigenvalue weighted by molar-refractivity contribution is 0.672. The smallest absolute Gasteiger partial charge is 0.143 e. The average Bonchev–Trinajstić information content (AvgIpc) is 3.73. The van der Waals surface area contributed by atoms with Crippen molar-refractivity contribution in [3.8, 4) is 55.6 Å². The molecule has 0 unspecified atom stereocenters. The van der Waals surface area contributed by atoms with E-state index in [-0.39, 0.29) is 0 Å². The molecule has 1 aromatic heterocycles. The maximum absolute atomic E-state index is 6.69. The van der Waals surface area contributed by atoms with Crippen LogP contribution in [0.25, 0.3) is 88.3 Å². The minimum Gasteiger partial charge on any atom is -0.455 e. The summed E-state index contributed by atoms with van der Waals surface area (Å²) < 4.78 is 6.69. The van der Waals surface area contributed by atoms with Gasteiger partial charge in [-0.2, -0.15) is 0 Å². The van der Waals surface area contributed by atoms with Gasteiger partial charge in [0, 0.05) is 22.1 Å². The summed E-state index contributed by atoms with van der Waals surface area (Å²) in [6.07, 6.45) is 0. The zero-order chi connectivity index (χ0) is 39.8. The van der Waals surface area contributed by atoms with Crippen molar-refractivity contribution >= 4 is 49.8 Å². The Hall–Kier alpha value is -7.94. The second-order valence-corrected chi connectivity index (χ2v) is 15.3. The Morgan fingerprint density at radius 1 is 0.283 bits per heavy atom. The molecular weight excluding hydrogens is 727 g/mol. The third-order valence-corrected chi connectivity index (χ3v) is 11.7. The predicted octanol–water partition coefficient (Wildman–Crippen LogP) is 16.5. The van der Waals surface area contributed by atoms with Gasteiger partial charge in [-0.05, 0) is 122 Å². The van der Waals surface area contributed by atoms with Crippen molar-refractivity contribution in [2.45, 2.75) is 0 Å². The summed E-state index contributed by atoms with van der Waals surface area (Å²) >= 11 is 0. The van der Waals surface area contributed by atoms with Crippen molar-refractivity contribution in [1.29, 1.82) is 0 Å². The third kappa shape index (κ3) is 6.51. The molecule has 0 saturated heterocycles. The van der Waals surface area contributed by atoms with Crippen molar-refractivity contribution in [3.05, 3.63) is 237 Å². The molecule has 0 aliphatic heterocycles. The Bertz CT molecular complexity index is 3200. The molecular formula is C58H39NO. The molecule has 1 heterocycles. The van der Waals surface area contributed by atoms with Crippen LogP contribution in [0.15, 0.2) is 241 Å². The van der Waals surface area contributed by atoms with Crippen LogP contribution in [0.1, 0.15) is 0 Å². The summed E-state index contributed by atoms with van der Waals surface area (Å²) in [5.74, 6) is 0. The van der Waals surface area contributed by atoms with Crippen LogP contribution in [-0.4, -0.2) is 0 Å². The summed E-state index contributed by atoms with van der Waals surface area (Å²) in [6.45, 7) is 0. The van der Waals surface area contributed by atoms with Crippen LogP contribution in [0.4, 0.5) is 17.1 Å². The zero-order valence-corrected chi connectivity index (χ0v) is 32.9. The lowest BCUT2D eigenvalue weighted by Gasteiger charge is -2.26. The molecule has 0 atom stereocenters. The first-order valence-corrected chi connectivity index (χ1v) is 20.5. The van der Waals surface area contributed by atoms with Gasteiger partial charge in [-0.3, -0.25) is 0 Å². The fourth-order valence-corrected chi connectivity index (χ4v) is 8.63. The van der Waals surface area contributed by atoms with E-state index in [0.717, 1.165) is 55.3 Å². The van der Waals surface area contributed by atoms with Crippen molar-refractivity contribution in [2.75, 3.05) is 4.90 Å². The van der Waals surface area contributed by atoms with Gasteiger partial charge in [0.25, 0.3) is 0 Å². The van der Waals surface area contributed by atoms with E-state index >= 15 is 0 Å². The van der Waals surface area contributed by atoms with Crippen molar-refractivity contribution in [2.24, 2.45) is 0 Å². The van der Waals surface area contributed by atoms with E-state index in [0.29, 0.717) is 0 Å². The van der Waals surface area contributed by atoms with Gasteiger partial charge >= 0.3 is 0 Å². The summed E-state index contributed by atoms with van der Waals surface area (Å²) in [6, 6.07) is 84.8. The number of rotatable bonds is 8. The first-order chi connectivity index (χ1) is 29.7. The van der Waals surface area contributed by atoms with Crippen LogP contribution in [0, 0.1) is 0 Å². The highest BCUT2D eigenvalue weighted by Crippen LogP contribution is 2.45. The zero-order valence-electron chi connectivity index (χ0n) is 32.9. The van der Waals surface area contributed by atoms with E-state index in [9.17, 15) is 0 Å². The summed E-state index contributed by atoms with van der Waals surface area (Å²) in [5.41, 5.74) is 16.8. The van der Waals surface area contributed by atoms with Crippen LogP contribution in [0.2, 0.25) is 0 Å². The average molecular weight is 766 g/mol. The minimum absolute atomic E-state index is 0.863. The molecule has 0 N–H and O–H groups in total. The second kappa shape index (κ2) is 15.1. The first-order valence-electron chi connectivity index (χ1n) is 20.5. The highest BCUT2D eigenvalue weighted by molar-refractivity contribution is 6.19. The molecule has 2 nitrogen and oxygen atoms in total. The molecule has 0 radical (unpaired) electrons. The minimum atomic E-state index is 0.863. The molecule has 2 heteroatoms. The fraction of sp³-hybridized carbons (Fsp3) is 0. The lowest BCUT2D eigenvalue weighted by atomic mass is 9.93. The first kappa shape index (κ1) is 35.2. The molecule has 11 aromatic rings. The van der Waals surface area contributed by atoms with Crippen molar-refractivity contribution in [1.82, 2.24) is 0 Å². The van der Waals surface area contributed by atoms with E-state index in [1.165, 1.54) is 50.1 Å². The standard InChI is InChI=1S/C58H39NO/c1-4-13-40(14-5-1)43-23-25-44(26-24-43)45-27-32-51(33-28-45)59(55-21-12-22-56-57(55)54-36-31-47-19-10-11-20-53(47)58(54)60-56)52-34-29-46(30-35-52)50-38-48(41-15-6-2-7-16-41)37-49(39-50)42-17-8-3-9-18-42/h1-39H. The maximum atomic E-state index is 6.69. The van der Waals surface area contributed by atoms with Crippen LogP contribution >= 0.6 is 0 Å². The van der Waals surface area contributed by atoms with E-state index < -0.39 is 0 Å². The van der Waals surface area contributed by atoms with Crippen LogP contribution in [0.3, 0.4) is 0 Å². The second-order valence-electron chi connectivity index (χ2n) is 15.3.